The SMILES string of the molecule is Cc1nc(-c2ccccc2)sc1C(=O)N1CCC(F)(F)/C(=C\C(=O)N2CCN(CCO)CC2)c2ccccc21.Cl.Cl. The Morgan fingerprint density at radius 3 is 2.34 bits per heavy atom. The van der Waals surface area contributed by atoms with Crippen LogP contribution in [0.25, 0.3) is 16.1 Å². The van der Waals surface area contributed by atoms with E-state index in [1.165, 1.54) is 16.2 Å². The third-order valence-electron chi connectivity index (χ3n) is 7.15. The maximum atomic E-state index is 15.6. The fourth-order valence-corrected chi connectivity index (χ4v) is 6.03. The van der Waals surface area contributed by atoms with Gasteiger partial charge in [0.25, 0.3) is 11.8 Å². The average molecular weight is 626 g/mol. The molecule has 2 aromatic carbocycles. The number of thiazole rings is 1. The number of aryl methyl sites for hydroxylation is 1. The zero-order chi connectivity index (χ0) is 27.6. The van der Waals surface area contributed by atoms with Gasteiger partial charge in [-0.1, -0.05) is 48.5 Å². The second-order valence-electron chi connectivity index (χ2n) is 9.68. The normalized spacial score (nSPS) is 17.7. The number of halogens is 4. The topological polar surface area (TPSA) is 77.0 Å². The molecule has 1 fully saturated rings. The number of aliphatic hydroxyl groups is 1. The van der Waals surface area contributed by atoms with Crippen LogP contribution < -0.4 is 4.90 Å². The third kappa shape index (κ3) is 6.95. The zero-order valence-electron chi connectivity index (χ0n) is 22.5. The summed E-state index contributed by atoms with van der Waals surface area (Å²) in [6.07, 6.45) is 0.431. The molecule has 3 heterocycles. The van der Waals surface area contributed by atoms with Crippen molar-refractivity contribution in [3.05, 3.63) is 76.8 Å². The molecular formula is C29H32Cl2F2N4O3S. The largest absolute Gasteiger partial charge is 0.395 e. The van der Waals surface area contributed by atoms with Gasteiger partial charge in [-0.15, -0.1) is 36.2 Å². The highest BCUT2D eigenvalue weighted by Crippen LogP contribution is 2.44. The quantitative estimate of drug-likeness (QED) is 0.397. The first-order chi connectivity index (χ1) is 18.8. The number of β-amino-alcohol motifs (C(OH)–C–C–N with tert-alkyl or cyclic N) is 1. The zero-order valence-corrected chi connectivity index (χ0v) is 24.9. The van der Waals surface area contributed by atoms with Gasteiger partial charge in [0, 0.05) is 68.5 Å². The molecule has 2 aliphatic rings. The van der Waals surface area contributed by atoms with Crippen molar-refractivity contribution < 1.29 is 23.5 Å². The summed E-state index contributed by atoms with van der Waals surface area (Å²) in [5, 5.41) is 9.83. The summed E-state index contributed by atoms with van der Waals surface area (Å²) in [6.45, 7) is 4.04. The van der Waals surface area contributed by atoms with Crippen LogP contribution in [0.4, 0.5) is 14.5 Å². The molecule has 220 valence electrons. The number of rotatable bonds is 5. The molecule has 0 saturated carbocycles. The Morgan fingerprint density at radius 1 is 1.00 bits per heavy atom. The summed E-state index contributed by atoms with van der Waals surface area (Å²) in [7, 11) is 0. The van der Waals surface area contributed by atoms with Crippen molar-refractivity contribution in [2.45, 2.75) is 19.3 Å². The van der Waals surface area contributed by atoms with E-state index in [0.29, 0.717) is 54.0 Å². The maximum Gasteiger partial charge on any atom is 0.275 e. The van der Waals surface area contributed by atoms with E-state index >= 15 is 8.78 Å². The predicted octanol–water partition coefficient (Wildman–Crippen LogP) is 5.17. The number of alkyl halides is 2. The summed E-state index contributed by atoms with van der Waals surface area (Å²) < 4.78 is 31.2. The molecule has 0 bridgehead atoms. The van der Waals surface area contributed by atoms with Crippen molar-refractivity contribution in [2.24, 2.45) is 0 Å². The number of aromatic nitrogens is 1. The number of nitrogens with zero attached hydrogens (tertiary/aromatic N) is 4. The third-order valence-corrected chi connectivity index (χ3v) is 8.35. The minimum absolute atomic E-state index is 0. The molecule has 1 N–H and O–H groups in total. The van der Waals surface area contributed by atoms with Gasteiger partial charge in [0.05, 0.1) is 18.0 Å². The van der Waals surface area contributed by atoms with Crippen molar-refractivity contribution in [3.8, 4) is 10.6 Å². The fourth-order valence-electron chi connectivity index (χ4n) is 5.01. The van der Waals surface area contributed by atoms with E-state index in [-0.39, 0.29) is 55.0 Å². The van der Waals surface area contributed by atoms with E-state index in [0.717, 1.165) is 11.6 Å². The van der Waals surface area contributed by atoms with E-state index in [9.17, 15) is 9.59 Å². The lowest BCUT2D eigenvalue weighted by Crippen LogP contribution is -2.49. The molecule has 2 aliphatic heterocycles. The van der Waals surface area contributed by atoms with Crippen LogP contribution in [0.3, 0.4) is 0 Å². The molecule has 41 heavy (non-hydrogen) atoms. The van der Waals surface area contributed by atoms with Crippen molar-refractivity contribution in [2.75, 3.05) is 50.8 Å². The molecule has 0 radical (unpaired) electrons. The summed E-state index contributed by atoms with van der Waals surface area (Å²) in [6, 6.07) is 16.0. The number of hydrogen-bond donors (Lipinski definition) is 1. The van der Waals surface area contributed by atoms with Gasteiger partial charge in [-0.25, -0.2) is 13.8 Å². The number of fused-ring (bicyclic) bond motifs is 1. The molecule has 0 aliphatic carbocycles. The summed E-state index contributed by atoms with van der Waals surface area (Å²) in [5.74, 6) is -4.17. The molecule has 5 rings (SSSR count). The molecule has 1 aromatic heterocycles. The molecule has 1 saturated heterocycles. The van der Waals surface area contributed by atoms with E-state index in [1.807, 2.05) is 35.2 Å². The first kappa shape index (κ1) is 32.6. The van der Waals surface area contributed by atoms with Crippen LogP contribution in [-0.2, 0) is 4.79 Å². The Hall–Kier alpha value is -2.89. The Morgan fingerprint density at radius 2 is 1.66 bits per heavy atom. The van der Waals surface area contributed by atoms with Crippen LogP contribution in [-0.4, -0.2) is 83.5 Å². The van der Waals surface area contributed by atoms with Crippen molar-refractivity contribution >= 4 is 59.2 Å². The highest BCUT2D eigenvalue weighted by Gasteiger charge is 2.42. The number of anilines is 1. The number of piperazine rings is 1. The Bertz CT molecular complexity index is 1400. The number of carbonyl (C=O) groups excluding carboxylic acids is 2. The predicted molar refractivity (Wildman–Crippen MR) is 163 cm³/mol. The number of allylic oxidation sites excluding steroid dienone is 1. The lowest BCUT2D eigenvalue weighted by Gasteiger charge is -2.34. The van der Waals surface area contributed by atoms with Gasteiger partial charge in [-0.05, 0) is 13.0 Å². The minimum Gasteiger partial charge on any atom is -0.395 e. The van der Waals surface area contributed by atoms with Gasteiger partial charge >= 0.3 is 0 Å². The first-order valence-corrected chi connectivity index (χ1v) is 13.8. The first-order valence-electron chi connectivity index (χ1n) is 12.9. The van der Waals surface area contributed by atoms with Crippen LogP contribution in [0.5, 0.6) is 0 Å². The lowest BCUT2D eigenvalue weighted by molar-refractivity contribution is -0.127. The van der Waals surface area contributed by atoms with Gasteiger partial charge < -0.3 is 14.9 Å². The van der Waals surface area contributed by atoms with Gasteiger partial charge in [-0.2, -0.15) is 0 Å². The number of carbonyl (C=O) groups is 2. The van der Waals surface area contributed by atoms with Crippen molar-refractivity contribution in [3.63, 3.8) is 0 Å². The molecule has 0 spiro atoms. The van der Waals surface area contributed by atoms with E-state index in [2.05, 4.69) is 4.98 Å². The number of hydrogen-bond acceptors (Lipinski definition) is 6. The second-order valence-corrected chi connectivity index (χ2v) is 10.7. The van der Waals surface area contributed by atoms with Gasteiger partial charge in [0.1, 0.15) is 9.88 Å². The Kier molecular flexibility index (Phi) is 11.0. The van der Waals surface area contributed by atoms with Crippen LogP contribution in [0.2, 0.25) is 0 Å². The smallest absolute Gasteiger partial charge is 0.275 e. The molecule has 0 unspecified atom stereocenters. The highest BCUT2D eigenvalue weighted by molar-refractivity contribution is 7.17. The molecule has 7 nitrogen and oxygen atoms in total. The Balaban J connectivity index is 0.00000231. The summed E-state index contributed by atoms with van der Waals surface area (Å²) in [5.41, 5.74) is 1.57. The molecule has 12 heteroatoms. The Labute approximate surface area is 254 Å². The van der Waals surface area contributed by atoms with Crippen LogP contribution in [0, 0.1) is 6.92 Å². The number of para-hydroxylation sites is 1. The molecule has 0 atom stereocenters. The van der Waals surface area contributed by atoms with Gasteiger partial charge in [-0.3, -0.25) is 14.5 Å². The van der Waals surface area contributed by atoms with E-state index in [1.54, 1.807) is 36.1 Å². The van der Waals surface area contributed by atoms with Gasteiger partial charge in [0.2, 0.25) is 5.91 Å². The molecule has 3 aromatic rings. The standard InChI is InChI=1S/C29H30F2N4O3S.2ClH/c1-20-26(39-27(32-20)21-7-3-2-4-8-21)28(38)35-12-11-29(30,31)23(22-9-5-6-10-24(22)35)19-25(37)34-15-13-33(14-16-34)17-18-36;;/h2-10,19,36H,11-18H2,1H3;2*1H/b23-19-;;. The highest BCUT2D eigenvalue weighted by atomic mass is 35.5. The van der Waals surface area contributed by atoms with Crippen molar-refractivity contribution in [1.82, 2.24) is 14.8 Å². The number of benzene rings is 2. The van der Waals surface area contributed by atoms with E-state index < -0.39 is 18.3 Å². The van der Waals surface area contributed by atoms with E-state index in [4.69, 9.17) is 5.11 Å². The second kappa shape index (κ2) is 13.8. The number of amides is 2. The van der Waals surface area contributed by atoms with Crippen LogP contribution >= 0.6 is 36.2 Å². The number of aliphatic hydroxyl groups excluding tert-OH is 1. The minimum atomic E-state index is -3.31. The lowest BCUT2D eigenvalue weighted by atomic mass is 9.96. The van der Waals surface area contributed by atoms with Crippen LogP contribution in [0.15, 0.2) is 60.7 Å². The molecule has 2 amide bonds. The monoisotopic (exact) mass is 624 g/mol. The van der Waals surface area contributed by atoms with Crippen molar-refractivity contribution in [1.29, 1.82) is 0 Å². The molecular weight excluding hydrogens is 593 g/mol. The van der Waals surface area contributed by atoms with Crippen LogP contribution in [0.1, 0.15) is 27.3 Å². The fraction of sp³-hybridized carbons (Fsp3) is 0.345. The summed E-state index contributed by atoms with van der Waals surface area (Å²) in [4.78, 5) is 36.8. The summed E-state index contributed by atoms with van der Waals surface area (Å²) >= 11 is 1.24. The maximum absolute atomic E-state index is 15.6. The average Bonchev–Trinajstić information content (AvgIpc) is 3.29. The van der Waals surface area contributed by atoms with Gasteiger partial charge in [0.15, 0.2) is 0 Å².